The summed E-state index contributed by atoms with van der Waals surface area (Å²) >= 11 is 12.5. The number of methoxy groups -OCH3 is 1. The average molecular weight is 662 g/mol. The van der Waals surface area contributed by atoms with Gasteiger partial charge in [0.2, 0.25) is 0 Å². The molecule has 14 heteroatoms. The van der Waals surface area contributed by atoms with Crippen molar-refractivity contribution in [3.8, 4) is 11.5 Å². The van der Waals surface area contributed by atoms with Crippen molar-refractivity contribution in [3.63, 3.8) is 0 Å². The number of ketones is 2. The van der Waals surface area contributed by atoms with Gasteiger partial charge in [0.05, 0.1) is 29.0 Å². The van der Waals surface area contributed by atoms with Gasteiger partial charge in [-0.1, -0.05) is 34.9 Å². The molecule has 2 heterocycles. The van der Waals surface area contributed by atoms with Crippen LogP contribution in [0.15, 0.2) is 58.7 Å². The number of fused-ring (bicyclic) bond motifs is 3. The lowest BCUT2D eigenvalue weighted by molar-refractivity contribution is -0.141. The summed E-state index contributed by atoms with van der Waals surface area (Å²) < 4.78 is 45.6. The summed E-state index contributed by atoms with van der Waals surface area (Å²) in [6.45, 7) is 1.53. The van der Waals surface area contributed by atoms with Crippen LogP contribution < -0.4 is 9.75 Å². The SMILES string of the molecule is COc1cc(C2C3=CCC4C(=O)N(N(C)c5nc(C(F)(F)F)ccc5Cl)C(=O)C4C3CC3=C2C(=O)C(C)=CC3=O)cc(Cl)c1O. The molecule has 0 saturated carbocycles. The van der Waals surface area contributed by atoms with E-state index in [1.165, 1.54) is 39.3 Å². The number of carbonyl (C=O) groups excluding carboxylic acids is 4. The number of imide groups is 1. The minimum atomic E-state index is -4.80. The normalized spacial score (nSPS) is 24.7. The summed E-state index contributed by atoms with van der Waals surface area (Å²) in [5.74, 6) is -6.35. The van der Waals surface area contributed by atoms with Crippen molar-refractivity contribution in [1.29, 1.82) is 0 Å². The number of halogens is 5. The Kier molecular flexibility index (Phi) is 7.36. The maximum Gasteiger partial charge on any atom is 0.433 e. The van der Waals surface area contributed by atoms with Gasteiger partial charge in [0, 0.05) is 29.7 Å². The molecule has 1 aliphatic heterocycles. The summed E-state index contributed by atoms with van der Waals surface area (Å²) in [6, 6.07) is 4.64. The Morgan fingerprint density at radius 3 is 2.44 bits per heavy atom. The van der Waals surface area contributed by atoms with E-state index >= 15 is 0 Å². The molecule has 4 aliphatic rings. The number of aromatic nitrogens is 1. The zero-order chi connectivity index (χ0) is 32.7. The van der Waals surface area contributed by atoms with Crippen LogP contribution >= 0.6 is 23.2 Å². The van der Waals surface area contributed by atoms with Crippen LogP contribution in [-0.4, -0.2) is 52.6 Å². The first-order valence-corrected chi connectivity index (χ1v) is 14.5. The molecule has 4 unspecified atom stereocenters. The largest absolute Gasteiger partial charge is 0.503 e. The number of allylic oxidation sites excluding steroid dienone is 6. The number of hydrazine groups is 1. The molecule has 0 spiro atoms. The number of amides is 2. The van der Waals surface area contributed by atoms with Crippen molar-refractivity contribution < 1.29 is 42.2 Å². The minimum Gasteiger partial charge on any atom is -0.503 e. The fourth-order valence-corrected chi connectivity index (χ4v) is 7.29. The number of Topliss-reactive ketones (excluding diaryl/α,β-unsaturated/α-hetero) is 1. The van der Waals surface area contributed by atoms with Crippen LogP contribution in [0, 0.1) is 17.8 Å². The van der Waals surface area contributed by atoms with Crippen LogP contribution in [0.2, 0.25) is 10.0 Å². The Morgan fingerprint density at radius 2 is 1.78 bits per heavy atom. The quantitative estimate of drug-likeness (QED) is 0.256. The predicted octanol–water partition coefficient (Wildman–Crippen LogP) is 5.60. The van der Waals surface area contributed by atoms with Gasteiger partial charge < -0.3 is 9.84 Å². The maximum absolute atomic E-state index is 14.1. The van der Waals surface area contributed by atoms with Crippen LogP contribution in [0.25, 0.3) is 0 Å². The van der Waals surface area contributed by atoms with E-state index in [2.05, 4.69) is 4.98 Å². The van der Waals surface area contributed by atoms with E-state index in [4.69, 9.17) is 27.9 Å². The third-order valence-corrected chi connectivity index (χ3v) is 9.45. The topological polar surface area (TPSA) is 117 Å². The minimum absolute atomic E-state index is 0.0186. The number of anilines is 1. The van der Waals surface area contributed by atoms with Crippen molar-refractivity contribution >= 4 is 52.4 Å². The number of phenolic OH excluding ortho intramolecular Hbond substituents is 1. The van der Waals surface area contributed by atoms with Gasteiger partial charge in [0.1, 0.15) is 5.69 Å². The standard InChI is InChI=1S/C31H24Cl2F3N3O6/c1-12-8-20(40)17-11-16-14(23(25(17)26(12)41)13-9-19(33)27(42)21(10-13)45-3)4-5-15-24(16)30(44)39(29(15)43)38(2)28-18(32)6-7-22(37-28)31(34,35)36/h4,6-10,15-16,23-24,42H,5,11H2,1-3H3. The molecule has 1 aromatic carbocycles. The van der Waals surface area contributed by atoms with Crippen molar-refractivity contribution in [2.45, 2.75) is 31.9 Å². The number of carbonyl (C=O) groups is 4. The highest BCUT2D eigenvalue weighted by molar-refractivity contribution is 6.33. The van der Waals surface area contributed by atoms with Gasteiger partial charge in [0.25, 0.3) is 11.8 Å². The number of alkyl halides is 3. The molecule has 1 N–H and O–H groups in total. The number of phenols is 1. The maximum atomic E-state index is 14.1. The molecule has 6 rings (SSSR count). The number of benzene rings is 1. The molecule has 1 fully saturated rings. The third-order valence-electron chi connectivity index (χ3n) is 8.87. The van der Waals surface area contributed by atoms with Gasteiger partial charge in [0.15, 0.2) is 28.9 Å². The second kappa shape index (κ2) is 10.7. The fourth-order valence-electron chi connectivity index (χ4n) is 6.85. The Hall–Kier alpha value is -4.16. The summed E-state index contributed by atoms with van der Waals surface area (Å²) in [4.78, 5) is 58.3. The summed E-state index contributed by atoms with van der Waals surface area (Å²) in [7, 11) is 2.55. The molecule has 2 aromatic rings. The van der Waals surface area contributed by atoms with E-state index in [0.717, 1.165) is 16.1 Å². The van der Waals surface area contributed by atoms with E-state index in [1.807, 2.05) is 0 Å². The van der Waals surface area contributed by atoms with Crippen LogP contribution in [0.5, 0.6) is 11.5 Å². The van der Waals surface area contributed by atoms with Crippen LogP contribution in [0.4, 0.5) is 19.0 Å². The molecule has 1 saturated heterocycles. The van der Waals surface area contributed by atoms with Gasteiger partial charge in [-0.2, -0.15) is 18.2 Å². The highest BCUT2D eigenvalue weighted by Gasteiger charge is 2.57. The number of nitrogens with zero attached hydrogens (tertiary/aromatic N) is 3. The van der Waals surface area contributed by atoms with Gasteiger partial charge in [-0.3, -0.25) is 24.2 Å². The Bertz CT molecular complexity index is 1820. The smallest absolute Gasteiger partial charge is 0.433 e. The Morgan fingerprint density at radius 1 is 1.07 bits per heavy atom. The lowest BCUT2D eigenvalue weighted by Gasteiger charge is -2.42. The van der Waals surface area contributed by atoms with E-state index < -0.39 is 59.0 Å². The summed E-state index contributed by atoms with van der Waals surface area (Å²) in [5, 5.41) is 11.8. The molecule has 2 amide bonds. The molecule has 0 bridgehead atoms. The molecule has 0 radical (unpaired) electrons. The van der Waals surface area contributed by atoms with Gasteiger partial charge in [-0.15, -0.1) is 0 Å². The van der Waals surface area contributed by atoms with E-state index in [9.17, 15) is 37.5 Å². The zero-order valence-corrected chi connectivity index (χ0v) is 25.4. The summed E-state index contributed by atoms with van der Waals surface area (Å²) in [5.41, 5.74) is 0.426. The van der Waals surface area contributed by atoms with Crippen molar-refractivity contribution in [1.82, 2.24) is 9.99 Å². The second-order valence-electron chi connectivity index (χ2n) is 11.3. The molecule has 4 atom stereocenters. The van der Waals surface area contributed by atoms with Crippen molar-refractivity contribution in [2.24, 2.45) is 17.8 Å². The fraction of sp³-hybridized carbons (Fsp3) is 0.323. The lowest BCUT2D eigenvalue weighted by Crippen LogP contribution is -2.46. The average Bonchev–Trinajstić information content (AvgIpc) is 3.24. The molecule has 234 valence electrons. The van der Waals surface area contributed by atoms with E-state index in [-0.39, 0.29) is 56.9 Å². The number of aromatic hydroxyl groups is 1. The molecule has 1 aromatic heterocycles. The van der Waals surface area contributed by atoms with Gasteiger partial charge in [-0.25, -0.2) is 4.98 Å². The molecular formula is C31H24Cl2F3N3O6. The molecule has 3 aliphatic carbocycles. The Balaban J connectivity index is 1.45. The van der Waals surface area contributed by atoms with Gasteiger partial charge >= 0.3 is 6.18 Å². The monoisotopic (exact) mass is 661 g/mol. The lowest BCUT2D eigenvalue weighted by atomic mass is 9.59. The number of ether oxygens (including phenoxy) is 1. The number of pyridine rings is 1. The van der Waals surface area contributed by atoms with Crippen LogP contribution in [0.1, 0.15) is 36.9 Å². The molecule has 45 heavy (non-hydrogen) atoms. The number of hydrogen-bond acceptors (Lipinski definition) is 8. The second-order valence-corrected chi connectivity index (χ2v) is 12.1. The van der Waals surface area contributed by atoms with E-state index in [1.54, 1.807) is 6.08 Å². The highest BCUT2D eigenvalue weighted by Crippen LogP contribution is 2.56. The Labute approximate surface area is 264 Å². The first-order chi connectivity index (χ1) is 21.1. The molecule has 9 nitrogen and oxygen atoms in total. The number of rotatable bonds is 4. The third kappa shape index (κ3) is 4.73. The number of hydrogen-bond donors (Lipinski definition) is 1. The molecular weight excluding hydrogens is 638 g/mol. The zero-order valence-electron chi connectivity index (χ0n) is 23.9. The predicted molar refractivity (Wildman–Crippen MR) is 155 cm³/mol. The highest BCUT2D eigenvalue weighted by atomic mass is 35.5. The van der Waals surface area contributed by atoms with Gasteiger partial charge in [-0.05, 0) is 61.6 Å². The first kappa shape index (κ1) is 30.8. The summed E-state index contributed by atoms with van der Waals surface area (Å²) in [6.07, 6.45) is -1.74. The van der Waals surface area contributed by atoms with Crippen LogP contribution in [-0.2, 0) is 25.4 Å². The van der Waals surface area contributed by atoms with E-state index in [0.29, 0.717) is 17.2 Å². The first-order valence-electron chi connectivity index (χ1n) is 13.8. The van der Waals surface area contributed by atoms with Crippen molar-refractivity contribution in [2.75, 3.05) is 19.2 Å². The van der Waals surface area contributed by atoms with Crippen LogP contribution in [0.3, 0.4) is 0 Å². The van der Waals surface area contributed by atoms with Crippen molar-refractivity contribution in [3.05, 3.63) is 80.0 Å².